The molecule has 4 rings (SSSR count). The predicted octanol–water partition coefficient (Wildman–Crippen LogP) is 3.79. The van der Waals surface area contributed by atoms with Crippen molar-refractivity contribution >= 4 is 17.2 Å². The van der Waals surface area contributed by atoms with E-state index in [0.717, 1.165) is 30.5 Å². The van der Waals surface area contributed by atoms with Crippen LogP contribution in [0.3, 0.4) is 0 Å². The van der Waals surface area contributed by atoms with Crippen LogP contribution in [0.25, 0.3) is 5.52 Å². The normalized spacial score (nSPS) is 13.8. The van der Waals surface area contributed by atoms with Crippen LogP contribution in [0.1, 0.15) is 30.5 Å². The number of urea groups is 1. The highest BCUT2D eigenvalue weighted by molar-refractivity contribution is 5.89. The first-order valence-electron chi connectivity index (χ1n) is 8.74. The Kier molecular flexibility index (Phi) is 4.28. The van der Waals surface area contributed by atoms with E-state index in [0.29, 0.717) is 17.8 Å². The fraction of sp³-hybridized carbons (Fsp3) is 0.250. The number of nitriles is 1. The van der Waals surface area contributed by atoms with E-state index in [4.69, 9.17) is 5.26 Å². The fourth-order valence-corrected chi connectivity index (χ4v) is 3.13. The average Bonchev–Trinajstić information content (AvgIpc) is 3.03. The molecule has 26 heavy (non-hydrogen) atoms. The summed E-state index contributed by atoms with van der Waals surface area (Å²) in [5.41, 5.74) is 3.15. The summed E-state index contributed by atoms with van der Waals surface area (Å²) < 4.78 is 1.83. The summed E-state index contributed by atoms with van der Waals surface area (Å²) in [5, 5.41) is 16.4. The summed E-state index contributed by atoms with van der Waals surface area (Å²) in [6, 6.07) is 17.0. The first kappa shape index (κ1) is 16.2. The lowest BCUT2D eigenvalue weighted by atomic mass is 9.91. The van der Waals surface area contributed by atoms with E-state index >= 15 is 0 Å². The quantitative estimate of drug-likeness (QED) is 0.782. The number of hydrogen-bond acceptors (Lipinski definition) is 3. The lowest BCUT2D eigenvalue weighted by Gasteiger charge is -2.37. The van der Waals surface area contributed by atoms with Crippen molar-refractivity contribution in [1.29, 1.82) is 5.26 Å². The predicted molar refractivity (Wildman–Crippen MR) is 98.5 cm³/mol. The number of amides is 2. The number of anilines is 1. The van der Waals surface area contributed by atoms with E-state index in [1.165, 1.54) is 0 Å². The molecule has 130 valence electrons. The van der Waals surface area contributed by atoms with Gasteiger partial charge in [0.05, 0.1) is 29.4 Å². The largest absolute Gasteiger partial charge is 0.322 e. The molecule has 1 saturated carbocycles. The zero-order chi connectivity index (χ0) is 17.9. The molecule has 0 spiro atoms. The van der Waals surface area contributed by atoms with Crippen molar-refractivity contribution < 1.29 is 4.79 Å². The van der Waals surface area contributed by atoms with Gasteiger partial charge in [-0.25, -0.2) is 9.31 Å². The van der Waals surface area contributed by atoms with Crippen LogP contribution < -0.4 is 5.32 Å². The van der Waals surface area contributed by atoms with Gasteiger partial charge < -0.3 is 10.2 Å². The Hall–Kier alpha value is -3.33. The highest BCUT2D eigenvalue weighted by Gasteiger charge is 2.29. The maximum absolute atomic E-state index is 12.8. The Bertz CT molecular complexity index is 933. The molecule has 0 aliphatic heterocycles. The van der Waals surface area contributed by atoms with Gasteiger partial charge in [0.1, 0.15) is 0 Å². The molecule has 1 aromatic carbocycles. The van der Waals surface area contributed by atoms with E-state index in [1.54, 1.807) is 24.3 Å². The minimum absolute atomic E-state index is 0.128. The van der Waals surface area contributed by atoms with Crippen LogP contribution in [-0.4, -0.2) is 26.6 Å². The Morgan fingerprint density at radius 1 is 1.27 bits per heavy atom. The second kappa shape index (κ2) is 6.89. The van der Waals surface area contributed by atoms with E-state index in [9.17, 15) is 4.79 Å². The van der Waals surface area contributed by atoms with Crippen molar-refractivity contribution in [3.05, 3.63) is 66.0 Å². The summed E-state index contributed by atoms with van der Waals surface area (Å²) in [5.74, 6) is 0. The minimum atomic E-state index is -0.128. The zero-order valence-electron chi connectivity index (χ0n) is 14.3. The second-order valence-electron chi connectivity index (χ2n) is 6.54. The number of benzene rings is 1. The topological polar surface area (TPSA) is 73.4 Å². The molecule has 1 N–H and O–H groups in total. The molecule has 1 fully saturated rings. The highest BCUT2D eigenvalue weighted by atomic mass is 16.2. The maximum Gasteiger partial charge on any atom is 0.322 e. The van der Waals surface area contributed by atoms with Gasteiger partial charge in [0.25, 0.3) is 0 Å². The first-order valence-corrected chi connectivity index (χ1v) is 8.74. The van der Waals surface area contributed by atoms with Gasteiger partial charge in [-0.15, -0.1) is 0 Å². The van der Waals surface area contributed by atoms with Crippen LogP contribution in [0, 0.1) is 11.3 Å². The van der Waals surface area contributed by atoms with Gasteiger partial charge in [-0.1, -0.05) is 6.07 Å². The van der Waals surface area contributed by atoms with Crippen LogP contribution in [-0.2, 0) is 6.54 Å². The SMILES string of the molecule is N#Cc1ccc(NC(=O)N(Cc2cc3ccccn3n2)C2CCC2)cc1. The van der Waals surface area contributed by atoms with E-state index in [1.807, 2.05) is 39.9 Å². The smallest absolute Gasteiger partial charge is 0.316 e. The number of carbonyl (C=O) groups is 1. The fourth-order valence-electron chi connectivity index (χ4n) is 3.13. The van der Waals surface area contributed by atoms with Gasteiger partial charge in [0.15, 0.2) is 0 Å². The monoisotopic (exact) mass is 345 g/mol. The summed E-state index contributed by atoms with van der Waals surface area (Å²) in [4.78, 5) is 14.7. The number of hydrogen-bond donors (Lipinski definition) is 1. The lowest BCUT2D eigenvalue weighted by Crippen LogP contribution is -2.45. The Morgan fingerprint density at radius 3 is 2.73 bits per heavy atom. The van der Waals surface area contributed by atoms with Crippen LogP contribution >= 0.6 is 0 Å². The van der Waals surface area contributed by atoms with Gasteiger partial charge in [-0.05, 0) is 61.7 Å². The molecular formula is C20H19N5O. The summed E-state index contributed by atoms with van der Waals surface area (Å²) in [7, 11) is 0. The number of fused-ring (bicyclic) bond motifs is 1. The molecule has 6 nitrogen and oxygen atoms in total. The third-order valence-corrected chi connectivity index (χ3v) is 4.79. The van der Waals surface area contributed by atoms with Gasteiger partial charge in [0.2, 0.25) is 0 Å². The number of carbonyl (C=O) groups excluding carboxylic acids is 1. The number of nitrogens with one attached hydrogen (secondary N) is 1. The Balaban J connectivity index is 1.52. The van der Waals surface area contributed by atoms with Crippen LogP contribution in [0.15, 0.2) is 54.7 Å². The molecule has 0 unspecified atom stereocenters. The molecule has 3 aromatic rings. The van der Waals surface area contributed by atoms with Crippen molar-refractivity contribution in [3.63, 3.8) is 0 Å². The zero-order valence-corrected chi connectivity index (χ0v) is 14.3. The Labute approximate surface area is 151 Å². The van der Waals surface area contributed by atoms with Gasteiger partial charge >= 0.3 is 6.03 Å². The number of rotatable bonds is 4. The van der Waals surface area contributed by atoms with Crippen molar-refractivity contribution in [2.75, 3.05) is 5.32 Å². The van der Waals surface area contributed by atoms with E-state index in [2.05, 4.69) is 16.5 Å². The molecule has 2 aromatic heterocycles. The molecule has 0 saturated heterocycles. The Morgan fingerprint density at radius 2 is 2.08 bits per heavy atom. The van der Waals surface area contributed by atoms with Crippen LogP contribution in [0.4, 0.5) is 10.5 Å². The highest BCUT2D eigenvalue weighted by Crippen LogP contribution is 2.27. The lowest BCUT2D eigenvalue weighted by molar-refractivity contribution is 0.142. The standard InChI is InChI=1S/C20H19N5O/c21-13-15-7-9-16(10-8-15)22-20(26)24(18-5-3-6-18)14-17-12-19-4-1-2-11-25(19)23-17/h1-2,4,7-12,18H,3,5-6,14H2,(H,22,26). The molecule has 0 atom stereocenters. The maximum atomic E-state index is 12.8. The second-order valence-corrected chi connectivity index (χ2v) is 6.54. The van der Waals surface area contributed by atoms with Crippen LogP contribution in [0.2, 0.25) is 0 Å². The molecule has 2 heterocycles. The van der Waals surface area contributed by atoms with Gasteiger partial charge in [-0.2, -0.15) is 10.4 Å². The third kappa shape index (κ3) is 3.24. The first-order chi connectivity index (χ1) is 12.7. The molecule has 2 amide bonds. The van der Waals surface area contributed by atoms with Crippen molar-refractivity contribution in [1.82, 2.24) is 14.5 Å². The van der Waals surface area contributed by atoms with Crippen molar-refractivity contribution in [2.45, 2.75) is 31.8 Å². The van der Waals surface area contributed by atoms with E-state index in [-0.39, 0.29) is 12.1 Å². The van der Waals surface area contributed by atoms with Crippen LogP contribution in [0.5, 0.6) is 0 Å². The molecule has 6 heteroatoms. The molecule has 1 aliphatic carbocycles. The molecule has 0 radical (unpaired) electrons. The minimum Gasteiger partial charge on any atom is -0.316 e. The average molecular weight is 345 g/mol. The van der Waals surface area contributed by atoms with Crippen molar-refractivity contribution in [2.24, 2.45) is 0 Å². The summed E-state index contributed by atoms with van der Waals surface area (Å²) in [6.45, 7) is 0.481. The summed E-state index contributed by atoms with van der Waals surface area (Å²) >= 11 is 0. The number of pyridine rings is 1. The van der Waals surface area contributed by atoms with Crippen molar-refractivity contribution in [3.8, 4) is 6.07 Å². The molecule has 0 bridgehead atoms. The molecule has 1 aliphatic rings. The van der Waals surface area contributed by atoms with Gasteiger partial charge in [0, 0.05) is 17.9 Å². The third-order valence-electron chi connectivity index (χ3n) is 4.79. The summed E-state index contributed by atoms with van der Waals surface area (Å²) in [6.07, 6.45) is 5.10. The van der Waals surface area contributed by atoms with Gasteiger partial charge in [-0.3, -0.25) is 0 Å². The number of aromatic nitrogens is 2. The number of nitrogens with zero attached hydrogens (tertiary/aromatic N) is 4. The van der Waals surface area contributed by atoms with E-state index < -0.39 is 0 Å². The molecular weight excluding hydrogens is 326 g/mol.